The van der Waals surface area contributed by atoms with Crippen LogP contribution >= 0.6 is 0 Å². The molecule has 0 aromatic carbocycles. The molecule has 1 fully saturated rings. The van der Waals surface area contributed by atoms with Gasteiger partial charge in [-0.3, -0.25) is 0 Å². The fourth-order valence-corrected chi connectivity index (χ4v) is 1.73. The number of nitrogen functional groups attached to an aromatic ring is 1. The lowest BCUT2D eigenvalue weighted by molar-refractivity contribution is 0.0696. The highest BCUT2D eigenvalue weighted by Crippen LogP contribution is 2.35. The van der Waals surface area contributed by atoms with Crippen molar-refractivity contribution in [2.24, 2.45) is 0 Å². The zero-order valence-electron chi connectivity index (χ0n) is 8.53. The summed E-state index contributed by atoms with van der Waals surface area (Å²) in [7, 11) is 0. The van der Waals surface area contributed by atoms with E-state index in [1.54, 1.807) is 6.92 Å². The average molecular weight is 207 g/mol. The van der Waals surface area contributed by atoms with Gasteiger partial charge in [-0.15, -0.1) is 0 Å². The summed E-state index contributed by atoms with van der Waals surface area (Å²) in [4.78, 5) is 19.1. The number of hydrogen-bond acceptors (Lipinski definition) is 4. The molecule has 80 valence electrons. The van der Waals surface area contributed by atoms with Gasteiger partial charge in [0.1, 0.15) is 17.2 Å². The Morgan fingerprint density at radius 1 is 1.47 bits per heavy atom. The topological polar surface area (TPSA) is 89.1 Å². The van der Waals surface area contributed by atoms with Crippen molar-refractivity contribution in [3.05, 3.63) is 17.1 Å². The predicted molar refractivity (Wildman–Crippen MR) is 54.7 cm³/mol. The van der Waals surface area contributed by atoms with Crippen LogP contribution in [0.15, 0.2) is 0 Å². The first-order valence-corrected chi connectivity index (χ1v) is 4.97. The first-order chi connectivity index (χ1) is 7.09. The number of carbonyl (C=O) groups is 1. The fourth-order valence-electron chi connectivity index (χ4n) is 1.73. The SMILES string of the molecule is Cc1nc(C2CCC2)nc(N)c1C(=O)O. The van der Waals surface area contributed by atoms with Gasteiger partial charge in [0.2, 0.25) is 0 Å². The minimum atomic E-state index is -1.06. The van der Waals surface area contributed by atoms with Gasteiger partial charge < -0.3 is 10.8 Å². The Kier molecular flexibility index (Phi) is 2.30. The third kappa shape index (κ3) is 1.65. The highest BCUT2D eigenvalue weighted by Gasteiger charge is 2.25. The normalized spacial score (nSPS) is 16.1. The van der Waals surface area contributed by atoms with Crippen molar-refractivity contribution in [1.29, 1.82) is 0 Å². The van der Waals surface area contributed by atoms with Gasteiger partial charge in [-0.1, -0.05) is 6.42 Å². The minimum absolute atomic E-state index is 0.0260. The zero-order chi connectivity index (χ0) is 11.0. The smallest absolute Gasteiger partial charge is 0.341 e. The van der Waals surface area contributed by atoms with Crippen LogP contribution in [0.4, 0.5) is 5.82 Å². The molecule has 0 amide bonds. The quantitative estimate of drug-likeness (QED) is 0.763. The second-order valence-corrected chi connectivity index (χ2v) is 3.86. The number of anilines is 1. The van der Waals surface area contributed by atoms with Crippen LogP contribution in [-0.2, 0) is 0 Å². The molecule has 0 bridgehead atoms. The molecule has 5 nitrogen and oxygen atoms in total. The van der Waals surface area contributed by atoms with E-state index in [4.69, 9.17) is 10.8 Å². The Labute approximate surface area is 87.4 Å². The molecule has 0 aliphatic heterocycles. The number of aromatic carboxylic acids is 1. The first-order valence-electron chi connectivity index (χ1n) is 4.97. The van der Waals surface area contributed by atoms with E-state index in [9.17, 15) is 4.79 Å². The van der Waals surface area contributed by atoms with Gasteiger partial charge in [-0.05, 0) is 19.8 Å². The molecule has 5 heteroatoms. The van der Waals surface area contributed by atoms with Crippen LogP contribution in [-0.4, -0.2) is 21.0 Å². The fraction of sp³-hybridized carbons (Fsp3) is 0.500. The van der Waals surface area contributed by atoms with E-state index in [-0.39, 0.29) is 11.4 Å². The molecule has 1 aromatic rings. The summed E-state index contributed by atoms with van der Waals surface area (Å²) in [5, 5.41) is 8.89. The van der Waals surface area contributed by atoms with Crippen LogP contribution in [0.2, 0.25) is 0 Å². The molecule has 15 heavy (non-hydrogen) atoms. The van der Waals surface area contributed by atoms with E-state index >= 15 is 0 Å². The summed E-state index contributed by atoms with van der Waals surface area (Å²) >= 11 is 0. The molecule has 1 aliphatic carbocycles. The average Bonchev–Trinajstić information content (AvgIpc) is 1.97. The molecule has 0 spiro atoms. The minimum Gasteiger partial charge on any atom is -0.477 e. The molecule has 3 N–H and O–H groups in total. The Bertz CT molecular complexity index is 390. The van der Waals surface area contributed by atoms with E-state index in [1.165, 1.54) is 6.42 Å². The van der Waals surface area contributed by atoms with E-state index in [0.717, 1.165) is 12.8 Å². The molecule has 0 radical (unpaired) electrons. The Morgan fingerprint density at radius 2 is 2.13 bits per heavy atom. The van der Waals surface area contributed by atoms with Gasteiger partial charge in [0, 0.05) is 5.92 Å². The molecule has 2 rings (SSSR count). The summed E-state index contributed by atoms with van der Waals surface area (Å²) in [6.45, 7) is 1.66. The second-order valence-electron chi connectivity index (χ2n) is 3.86. The second kappa shape index (κ2) is 3.49. The molecular weight excluding hydrogens is 194 g/mol. The van der Waals surface area contributed by atoms with Crippen molar-refractivity contribution in [2.75, 3.05) is 5.73 Å². The summed E-state index contributed by atoms with van der Waals surface area (Å²) in [5.74, 6) is 0.0807. The van der Waals surface area contributed by atoms with Crippen LogP contribution in [0.3, 0.4) is 0 Å². The summed E-state index contributed by atoms with van der Waals surface area (Å²) in [6.07, 6.45) is 3.34. The lowest BCUT2D eigenvalue weighted by Crippen LogP contribution is -2.17. The van der Waals surface area contributed by atoms with Crippen LogP contribution in [0.5, 0.6) is 0 Å². The maximum absolute atomic E-state index is 10.8. The van der Waals surface area contributed by atoms with E-state index < -0.39 is 5.97 Å². The van der Waals surface area contributed by atoms with Gasteiger partial charge in [-0.25, -0.2) is 14.8 Å². The third-order valence-corrected chi connectivity index (χ3v) is 2.82. The number of carboxylic acids is 1. The molecule has 1 heterocycles. The lowest BCUT2D eigenvalue weighted by Gasteiger charge is -2.24. The largest absolute Gasteiger partial charge is 0.477 e. The number of nitrogens with zero attached hydrogens (tertiary/aromatic N) is 2. The Balaban J connectivity index is 2.42. The Morgan fingerprint density at radius 3 is 2.53 bits per heavy atom. The van der Waals surface area contributed by atoms with Crippen LogP contribution < -0.4 is 5.73 Å². The molecule has 0 atom stereocenters. The van der Waals surface area contributed by atoms with Crippen LogP contribution in [0.25, 0.3) is 0 Å². The summed E-state index contributed by atoms with van der Waals surface area (Å²) in [6, 6.07) is 0. The van der Waals surface area contributed by atoms with Crippen molar-refractivity contribution >= 4 is 11.8 Å². The van der Waals surface area contributed by atoms with Gasteiger partial charge in [0.15, 0.2) is 0 Å². The van der Waals surface area contributed by atoms with E-state index in [2.05, 4.69) is 9.97 Å². The maximum Gasteiger partial charge on any atom is 0.341 e. The Hall–Kier alpha value is -1.65. The van der Waals surface area contributed by atoms with Crippen LogP contribution in [0.1, 0.15) is 47.1 Å². The molecule has 0 saturated heterocycles. The van der Waals surface area contributed by atoms with Crippen molar-refractivity contribution < 1.29 is 9.90 Å². The first kappa shape index (κ1) is 9.89. The predicted octanol–water partition coefficient (Wildman–Crippen LogP) is 1.33. The van der Waals surface area contributed by atoms with Crippen molar-refractivity contribution in [1.82, 2.24) is 9.97 Å². The lowest BCUT2D eigenvalue weighted by atomic mass is 9.85. The molecule has 1 aliphatic rings. The van der Waals surface area contributed by atoms with Crippen molar-refractivity contribution in [3.63, 3.8) is 0 Å². The maximum atomic E-state index is 10.8. The van der Waals surface area contributed by atoms with Gasteiger partial charge >= 0.3 is 5.97 Å². The molecule has 1 saturated carbocycles. The number of nitrogens with two attached hydrogens (primary N) is 1. The van der Waals surface area contributed by atoms with Crippen LogP contribution in [0, 0.1) is 6.92 Å². The third-order valence-electron chi connectivity index (χ3n) is 2.82. The molecule has 1 aromatic heterocycles. The number of carboxylic acid groups (broad SMARTS) is 1. The number of rotatable bonds is 2. The monoisotopic (exact) mass is 207 g/mol. The molecule has 0 unspecified atom stereocenters. The molecular formula is C10H13N3O2. The number of aromatic nitrogens is 2. The van der Waals surface area contributed by atoms with Crippen molar-refractivity contribution in [2.45, 2.75) is 32.1 Å². The number of hydrogen-bond donors (Lipinski definition) is 2. The van der Waals surface area contributed by atoms with Gasteiger partial charge in [-0.2, -0.15) is 0 Å². The summed E-state index contributed by atoms with van der Waals surface area (Å²) < 4.78 is 0. The zero-order valence-corrected chi connectivity index (χ0v) is 8.53. The van der Waals surface area contributed by atoms with Gasteiger partial charge in [0.25, 0.3) is 0 Å². The van der Waals surface area contributed by atoms with Crippen molar-refractivity contribution in [3.8, 4) is 0 Å². The summed E-state index contributed by atoms with van der Waals surface area (Å²) in [5.41, 5.74) is 6.09. The standard InChI is InChI=1S/C10H13N3O2/c1-5-7(10(14)15)8(11)13-9(12-5)6-3-2-4-6/h6H,2-4H2,1H3,(H,14,15)(H2,11,12,13). The highest BCUT2D eigenvalue weighted by molar-refractivity contribution is 5.93. The van der Waals surface area contributed by atoms with Gasteiger partial charge in [0.05, 0.1) is 5.69 Å². The van der Waals surface area contributed by atoms with E-state index in [0.29, 0.717) is 17.4 Å². The van der Waals surface area contributed by atoms with E-state index in [1.807, 2.05) is 0 Å². The number of aryl methyl sites for hydroxylation is 1. The highest BCUT2D eigenvalue weighted by atomic mass is 16.4.